The minimum Gasteiger partial charge on any atom is -0.461 e. The molecular formula is C13H23FN2O2. The summed E-state index contributed by atoms with van der Waals surface area (Å²) in [5.41, 5.74) is 0. The zero-order valence-electron chi connectivity index (χ0n) is 11.1. The third-order valence-electron chi connectivity index (χ3n) is 4.15. The highest BCUT2D eigenvalue weighted by Crippen LogP contribution is 2.22. The van der Waals surface area contributed by atoms with Crippen molar-refractivity contribution in [1.29, 1.82) is 0 Å². The SMILES string of the molecule is CN1CCC(CN2CC[C@H](OC=O)[C@H](F)C2)CC1. The maximum absolute atomic E-state index is 13.8. The van der Waals surface area contributed by atoms with E-state index in [9.17, 15) is 9.18 Å². The van der Waals surface area contributed by atoms with Crippen LogP contribution in [0.25, 0.3) is 0 Å². The average Bonchev–Trinajstić information content (AvgIpc) is 2.36. The Balaban J connectivity index is 1.73. The average molecular weight is 258 g/mol. The number of nitrogens with zero attached hydrogens (tertiary/aromatic N) is 2. The van der Waals surface area contributed by atoms with Gasteiger partial charge in [-0.2, -0.15) is 0 Å². The van der Waals surface area contributed by atoms with Gasteiger partial charge in [-0.1, -0.05) is 0 Å². The quantitative estimate of drug-likeness (QED) is 0.702. The maximum Gasteiger partial charge on any atom is 0.293 e. The predicted octanol–water partition coefficient (Wildman–Crippen LogP) is 0.914. The number of carbonyl (C=O) groups excluding carboxylic acids is 1. The second-order valence-electron chi connectivity index (χ2n) is 5.58. The van der Waals surface area contributed by atoms with Crippen LogP contribution in [0.4, 0.5) is 4.39 Å². The van der Waals surface area contributed by atoms with Crippen LogP contribution < -0.4 is 0 Å². The van der Waals surface area contributed by atoms with E-state index in [1.54, 1.807) is 0 Å². The van der Waals surface area contributed by atoms with Crippen LogP contribution in [0.1, 0.15) is 19.3 Å². The number of ether oxygens (including phenoxy) is 1. The summed E-state index contributed by atoms with van der Waals surface area (Å²) in [4.78, 5) is 14.8. The van der Waals surface area contributed by atoms with Crippen molar-refractivity contribution < 1.29 is 13.9 Å². The number of rotatable bonds is 4. The standard InChI is InChI=1S/C13H23FN2O2/c1-15-5-2-11(3-6-15)8-16-7-4-13(18-10-17)12(14)9-16/h10-13H,2-9H2,1H3/t12-,13+/m1/s1. The molecule has 4 nitrogen and oxygen atoms in total. The molecule has 0 aromatic heterocycles. The van der Waals surface area contributed by atoms with Gasteiger partial charge < -0.3 is 9.64 Å². The monoisotopic (exact) mass is 258 g/mol. The van der Waals surface area contributed by atoms with Crippen LogP contribution >= 0.6 is 0 Å². The Bertz CT molecular complexity index is 270. The van der Waals surface area contributed by atoms with Gasteiger partial charge in [0.1, 0.15) is 12.3 Å². The van der Waals surface area contributed by atoms with E-state index >= 15 is 0 Å². The third kappa shape index (κ3) is 3.65. The van der Waals surface area contributed by atoms with Crippen molar-refractivity contribution in [3.05, 3.63) is 0 Å². The molecule has 5 heteroatoms. The lowest BCUT2D eigenvalue weighted by atomic mass is 9.95. The summed E-state index contributed by atoms with van der Waals surface area (Å²) in [6.45, 7) is 4.89. The van der Waals surface area contributed by atoms with Crippen LogP contribution in [0.3, 0.4) is 0 Å². The molecule has 2 heterocycles. The predicted molar refractivity (Wildman–Crippen MR) is 67.1 cm³/mol. The summed E-state index contributed by atoms with van der Waals surface area (Å²) in [6, 6.07) is 0. The van der Waals surface area contributed by atoms with Crippen molar-refractivity contribution in [3.8, 4) is 0 Å². The fraction of sp³-hybridized carbons (Fsp3) is 0.923. The fourth-order valence-electron chi connectivity index (χ4n) is 2.95. The third-order valence-corrected chi connectivity index (χ3v) is 4.15. The molecule has 0 saturated carbocycles. The van der Waals surface area contributed by atoms with Gasteiger partial charge >= 0.3 is 0 Å². The summed E-state index contributed by atoms with van der Waals surface area (Å²) < 4.78 is 18.5. The largest absolute Gasteiger partial charge is 0.461 e. The van der Waals surface area contributed by atoms with Gasteiger partial charge in [0.25, 0.3) is 6.47 Å². The number of hydrogen-bond donors (Lipinski definition) is 0. The van der Waals surface area contributed by atoms with Crippen LogP contribution in [-0.2, 0) is 9.53 Å². The smallest absolute Gasteiger partial charge is 0.293 e. The molecular weight excluding hydrogens is 235 g/mol. The number of likely N-dealkylation sites (tertiary alicyclic amines) is 2. The summed E-state index contributed by atoms with van der Waals surface area (Å²) in [7, 11) is 2.15. The van der Waals surface area contributed by atoms with E-state index in [1.807, 2.05) is 0 Å². The lowest BCUT2D eigenvalue weighted by molar-refractivity contribution is -0.140. The molecule has 2 saturated heterocycles. The van der Waals surface area contributed by atoms with E-state index < -0.39 is 12.3 Å². The Morgan fingerprint density at radius 3 is 2.61 bits per heavy atom. The highest BCUT2D eigenvalue weighted by molar-refractivity contribution is 5.37. The summed E-state index contributed by atoms with van der Waals surface area (Å²) in [5.74, 6) is 0.692. The molecule has 0 radical (unpaired) electrons. The molecule has 2 rings (SSSR count). The molecule has 0 aromatic rings. The van der Waals surface area contributed by atoms with E-state index in [0.29, 0.717) is 25.4 Å². The Kier molecular flexibility index (Phi) is 4.95. The lowest BCUT2D eigenvalue weighted by Crippen LogP contribution is -2.48. The second-order valence-corrected chi connectivity index (χ2v) is 5.58. The number of hydrogen-bond acceptors (Lipinski definition) is 4. The van der Waals surface area contributed by atoms with E-state index in [4.69, 9.17) is 4.74 Å². The first-order chi connectivity index (χ1) is 8.69. The first-order valence-electron chi connectivity index (χ1n) is 6.83. The van der Waals surface area contributed by atoms with E-state index in [2.05, 4.69) is 16.8 Å². The van der Waals surface area contributed by atoms with Gasteiger partial charge in [0.2, 0.25) is 0 Å². The molecule has 0 bridgehead atoms. The van der Waals surface area contributed by atoms with Gasteiger partial charge in [0.05, 0.1) is 0 Å². The van der Waals surface area contributed by atoms with Crippen LogP contribution in [0.2, 0.25) is 0 Å². The maximum atomic E-state index is 13.8. The van der Waals surface area contributed by atoms with Crippen molar-refractivity contribution in [2.24, 2.45) is 5.92 Å². The van der Waals surface area contributed by atoms with Gasteiger partial charge in [-0.15, -0.1) is 0 Å². The van der Waals surface area contributed by atoms with Gasteiger partial charge in [-0.05, 0) is 38.9 Å². The molecule has 0 unspecified atom stereocenters. The number of piperidine rings is 2. The highest BCUT2D eigenvalue weighted by Gasteiger charge is 2.31. The van der Waals surface area contributed by atoms with E-state index in [1.165, 1.54) is 12.8 Å². The molecule has 0 aliphatic carbocycles. The molecule has 0 aromatic carbocycles. The van der Waals surface area contributed by atoms with Crippen molar-refractivity contribution >= 4 is 6.47 Å². The van der Waals surface area contributed by atoms with Gasteiger partial charge in [-0.3, -0.25) is 9.69 Å². The molecule has 0 N–H and O–H groups in total. The Morgan fingerprint density at radius 1 is 1.28 bits per heavy atom. The molecule has 18 heavy (non-hydrogen) atoms. The summed E-state index contributed by atoms with van der Waals surface area (Å²) in [5, 5.41) is 0. The van der Waals surface area contributed by atoms with Crippen molar-refractivity contribution in [1.82, 2.24) is 9.80 Å². The summed E-state index contributed by atoms with van der Waals surface area (Å²) in [6.07, 6.45) is 1.47. The van der Waals surface area contributed by atoms with E-state index in [-0.39, 0.29) is 0 Å². The van der Waals surface area contributed by atoms with Crippen LogP contribution in [0.15, 0.2) is 0 Å². The molecule has 104 valence electrons. The van der Waals surface area contributed by atoms with Gasteiger partial charge in [0.15, 0.2) is 0 Å². The lowest BCUT2D eigenvalue weighted by Gasteiger charge is -2.37. The van der Waals surface area contributed by atoms with Crippen LogP contribution in [0, 0.1) is 5.92 Å². The Morgan fingerprint density at radius 2 is 2.00 bits per heavy atom. The van der Waals surface area contributed by atoms with Crippen LogP contribution in [-0.4, -0.2) is 68.3 Å². The van der Waals surface area contributed by atoms with Crippen LogP contribution in [0.5, 0.6) is 0 Å². The zero-order chi connectivity index (χ0) is 13.0. The topological polar surface area (TPSA) is 32.8 Å². The normalized spacial score (nSPS) is 32.3. The summed E-state index contributed by atoms with van der Waals surface area (Å²) >= 11 is 0. The van der Waals surface area contributed by atoms with Gasteiger partial charge in [-0.25, -0.2) is 4.39 Å². The van der Waals surface area contributed by atoms with E-state index in [0.717, 1.165) is 26.2 Å². The Labute approximate surface area is 108 Å². The fourth-order valence-corrected chi connectivity index (χ4v) is 2.95. The first-order valence-corrected chi connectivity index (χ1v) is 6.83. The van der Waals surface area contributed by atoms with Crippen molar-refractivity contribution in [2.75, 3.05) is 39.8 Å². The minimum absolute atomic E-state index is 0.365. The minimum atomic E-state index is -1.03. The molecule has 2 atom stereocenters. The molecule has 0 spiro atoms. The molecule has 2 aliphatic heterocycles. The number of carbonyl (C=O) groups is 1. The first kappa shape index (κ1) is 13.7. The zero-order valence-corrected chi connectivity index (χ0v) is 11.1. The molecule has 0 amide bonds. The molecule has 2 fully saturated rings. The second kappa shape index (κ2) is 6.48. The molecule has 2 aliphatic rings. The number of halogens is 1. The highest BCUT2D eigenvalue weighted by atomic mass is 19.1. The van der Waals surface area contributed by atoms with Gasteiger partial charge in [0, 0.05) is 26.1 Å². The number of alkyl halides is 1. The van der Waals surface area contributed by atoms with Crippen molar-refractivity contribution in [3.63, 3.8) is 0 Å². The van der Waals surface area contributed by atoms with Crippen molar-refractivity contribution in [2.45, 2.75) is 31.5 Å². The Hall–Kier alpha value is -0.680.